The molecule has 0 radical (unpaired) electrons. The van der Waals surface area contributed by atoms with Crippen molar-refractivity contribution in [2.24, 2.45) is 0 Å². The van der Waals surface area contributed by atoms with E-state index in [1.807, 2.05) is 0 Å². The average Bonchev–Trinajstić information content (AvgIpc) is 2.76. The van der Waals surface area contributed by atoms with Crippen LogP contribution in [0.5, 0.6) is 0 Å². The Morgan fingerprint density at radius 3 is 2.04 bits per heavy atom. The van der Waals surface area contributed by atoms with Crippen molar-refractivity contribution in [3.8, 4) is 0 Å². The Morgan fingerprint density at radius 2 is 1.46 bits per heavy atom. The molecule has 2 aromatic carbocycles. The van der Waals surface area contributed by atoms with Crippen LogP contribution in [0.2, 0.25) is 0 Å². The van der Waals surface area contributed by atoms with Crippen molar-refractivity contribution in [3.05, 3.63) is 71.8 Å². The van der Waals surface area contributed by atoms with Crippen molar-refractivity contribution in [1.82, 2.24) is 9.80 Å². The second-order valence-electron chi connectivity index (χ2n) is 8.20. The molecule has 2 saturated heterocycles. The maximum Gasteiger partial charge on any atom is 0.222 e. The number of hydrogen-bond acceptors (Lipinski definition) is 3. The summed E-state index contributed by atoms with van der Waals surface area (Å²) in [6, 6.07) is 21.3. The highest BCUT2D eigenvalue weighted by Crippen LogP contribution is 2.40. The van der Waals surface area contributed by atoms with E-state index in [4.69, 9.17) is 0 Å². The summed E-state index contributed by atoms with van der Waals surface area (Å²) in [6.45, 7) is 4.22. The van der Waals surface area contributed by atoms with E-state index in [0.29, 0.717) is 6.42 Å². The van der Waals surface area contributed by atoms with Crippen molar-refractivity contribution in [2.75, 3.05) is 32.7 Å². The highest BCUT2D eigenvalue weighted by molar-refractivity contribution is 5.78. The van der Waals surface area contributed by atoms with Crippen LogP contribution in [0.15, 0.2) is 60.7 Å². The third-order valence-corrected chi connectivity index (χ3v) is 6.48. The first-order valence-corrected chi connectivity index (χ1v) is 10.5. The largest absolute Gasteiger partial charge is 0.393 e. The summed E-state index contributed by atoms with van der Waals surface area (Å²) in [5, 5.41) is 9.72. The third kappa shape index (κ3) is 3.98. The summed E-state index contributed by atoms with van der Waals surface area (Å²) in [4.78, 5) is 17.2. The molecule has 4 rings (SSSR count). The highest BCUT2D eigenvalue weighted by atomic mass is 16.3. The molecule has 2 aliphatic rings. The number of benzene rings is 2. The topological polar surface area (TPSA) is 43.8 Å². The second kappa shape index (κ2) is 8.46. The van der Waals surface area contributed by atoms with Crippen molar-refractivity contribution in [3.63, 3.8) is 0 Å². The summed E-state index contributed by atoms with van der Waals surface area (Å²) in [6.07, 6.45) is 2.96. The summed E-state index contributed by atoms with van der Waals surface area (Å²) < 4.78 is 0. The molecule has 1 N–H and O–H groups in total. The molecule has 0 spiro atoms. The van der Waals surface area contributed by atoms with Crippen molar-refractivity contribution in [2.45, 2.75) is 37.2 Å². The maximum atomic E-state index is 12.7. The zero-order chi connectivity index (χ0) is 19.4. The molecule has 28 heavy (non-hydrogen) atoms. The Morgan fingerprint density at radius 1 is 0.893 bits per heavy atom. The van der Waals surface area contributed by atoms with E-state index in [0.717, 1.165) is 52.0 Å². The molecule has 0 aliphatic carbocycles. The van der Waals surface area contributed by atoms with Gasteiger partial charge in [-0.3, -0.25) is 4.79 Å². The molecule has 0 saturated carbocycles. The van der Waals surface area contributed by atoms with Crippen LogP contribution in [-0.2, 0) is 10.2 Å². The zero-order valence-corrected chi connectivity index (χ0v) is 16.5. The molecule has 1 amide bonds. The van der Waals surface area contributed by atoms with Crippen LogP contribution < -0.4 is 0 Å². The van der Waals surface area contributed by atoms with Crippen LogP contribution in [-0.4, -0.2) is 59.6 Å². The van der Waals surface area contributed by atoms with Gasteiger partial charge in [0.1, 0.15) is 0 Å². The fraction of sp³-hybridized carbons (Fsp3) is 0.458. The third-order valence-electron chi connectivity index (χ3n) is 6.48. The molecule has 0 unspecified atom stereocenters. The zero-order valence-electron chi connectivity index (χ0n) is 16.5. The van der Waals surface area contributed by atoms with Crippen molar-refractivity contribution in [1.29, 1.82) is 0 Å². The van der Waals surface area contributed by atoms with Gasteiger partial charge in [0.15, 0.2) is 0 Å². The van der Waals surface area contributed by atoms with E-state index >= 15 is 0 Å². The van der Waals surface area contributed by atoms with Crippen LogP contribution in [0.3, 0.4) is 0 Å². The van der Waals surface area contributed by atoms with Gasteiger partial charge in [0.25, 0.3) is 0 Å². The number of aliphatic hydroxyl groups excluding tert-OH is 1. The van der Waals surface area contributed by atoms with E-state index in [9.17, 15) is 9.90 Å². The SMILES string of the molecule is O=C1CCC(c2ccccc2)(c2ccccc2)CN1CCN1CCC(O)CC1. The minimum atomic E-state index is -0.156. The summed E-state index contributed by atoms with van der Waals surface area (Å²) in [5.41, 5.74) is 2.44. The molecule has 148 valence electrons. The normalized spacial score (nSPS) is 21.0. The average molecular weight is 379 g/mol. The minimum Gasteiger partial charge on any atom is -0.393 e. The maximum absolute atomic E-state index is 12.7. The highest BCUT2D eigenvalue weighted by Gasteiger charge is 2.41. The Kier molecular flexibility index (Phi) is 5.79. The first-order valence-electron chi connectivity index (χ1n) is 10.5. The van der Waals surface area contributed by atoms with E-state index < -0.39 is 0 Å². The lowest BCUT2D eigenvalue weighted by atomic mass is 9.69. The molecule has 0 bridgehead atoms. The lowest BCUT2D eigenvalue weighted by Gasteiger charge is -2.44. The van der Waals surface area contributed by atoms with Gasteiger partial charge in [-0.1, -0.05) is 60.7 Å². The molecular formula is C24H30N2O2. The van der Waals surface area contributed by atoms with Gasteiger partial charge in [0, 0.05) is 44.6 Å². The number of hydrogen-bond donors (Lipinski definition) is 1. The van der Waals surface area contributed by atoms with Crippen LogP contribution in [0, 0.1) is 0 Å². The van der Waals surface area contributed by atoms with Gasteiger partial charge in [-0.2, -0.15) is 0 Å². The quantitative estimate of drug-likeness (QED) is 0.870. The molecule has 4 nitrogen and oxygen atoms in total. The molecule has 4 heteroatoms. The van der Waals surface area contributed by atoms with Crippen molar-refractivity contribution >= 4 is 5.91 Å². The van der Waals surface area contributed by atoms with Gasteiger partial charge in [-0.05, 0) is 30.4 Å². The van der Waals surface area contributed by atoms with Crippen LogP contribution >= 0.6 is 0 Å². The molecule has 0 aromatic heterocycles. The van der Waals surface area contributed by atoms with Gasteiger partial charge in [0.2, 0.25) is 5.91 Å². The fourth-order valence-electron chi connectivity index (χ4n) is 4.73. The predicted octanol–water partition coefficient (Wildman–Crippen LogP) is 3.05. The van der Waals surface area contributed by atoms with E-state index in [2.05, 4.69) is 70.5 Å². The van der Waals surface area contributed by atoms with Crippen molar-refractivity contribution < 1.29 is 9.90 Å². The van der Waals surface area contributed by atoms with Gasteiger partial charge < -0.3 is 14.9 Å². The molecule has 2 aromatic rings. The molecule has 2 fully saturated rings. The number of carbonyl (C=O) groups is 1. The van der Waals surface area contributed by atoms with Gasteiger partial charge in [-0.15, -0.1) is 0 Å². The van der Waals surface area contributed by atoms with Gasteiger partial charge in [-0.25, -0.2) is 0 Å². The summed E-state index contributed by atoms with van der Waals surface area (Å²) >= 11 is 0. The van der Waals surface area contributed by atoms with Crippen LogP contribution in [0.4, 0.5) is 0 Å². The van der Waals surface area contributed by atoms with Gasteiger partial charge >= 0.3 is 0 Å². The number of rotatable bonds is 5. The van der Waals surface area contributed by atoms with Crippen LogP contribution in [0.25, 0.3) is 0 Å². The monoisotopic (exact) mass is 378 g/mol. The molecular weight excluding hydrogens is 348 g/mol. The fourth-order valence-corrected chi connectivity index (χ4v) is 4.73. The molecule has 0 atom stereocenters. The Balaban J connectivity index is 1.55. The number of carbonyl (C=O) groups excluding carboxylic acids is 1. The summed E-state index contributed by atoms with van der Waals surface area (Å²) in [7, 11) is 0. The minimum absolute atomic E-state index is 0.144. The first-order chi connectivity index (χ1) is 13.7. The second-order valence-corrected chi connectivity index (χ2v) is 8.20. The van der Waals surface area contributed by atoms with E-state index in [1.54, 1.807) is 0 Å². The van der Waals surface area contributed by atoms with E-state index in [1.165, 1.54) is 11.1 Å². The van der Waals surface area contributed by atoms with Crippen LogP contribution in [0.1, 0.15) is 36.8 Å². The number of amides is 1. The number of likely N-dealkylation sites (tertiary alicyclic amines) is 2. The number of nitrogens with zero attached hydrogens (tertiary/aromatic N) is 2. The Labute approximate surface area is 167 Å². The molecule has 2 heterocycles. The summed E-state index contributed by atoms with van der Waals surface area (Å²) in [5.74, 6) is 0.263. The Bertz CT molecular complexity index is 730. The lowest BCUT2D eigenvalue weighted by molar-refractivity contribution is -0.135. The molecule has 2 aliphatic heterocycles. The number of aliphatic hydroxyl groups is 1. The predicted molar refractivity (Wildman–Crippen MR) is 111 cm³/mol. The Hall–Kier alpha value is -2.17. The first kappa shape index (κ1) is 19.2. The van der Waals surface area contributed by atoms with Gasteiger partial charge in [0.05, 0.1) is 6.10 Å². The lowest BCUT2D eigenvalue weighted by Crippen LogP contribution is -2.52. The smallest absolute Gasteiger partial charge is 0.222 e. The van der Waals surface area contributed by atoms with E-state index in [-0.39, 0.29) is 17.4 Å². The number of piperidine rings is 2. The standard InChI is InChI=1S/C24H30N2O2/c27-22-12-15-25(16-13-22)17-18-26-19-24(14-11-23(26)28,20-7-3-1-4-8-20)21-9-5-2-6-10-21/h1-10,22,27H,11-19H2.